The van der Waals surface area contributed by atoms with Crippen LogP contribution in [0.1, 0.15) is 31.9 Å². The molecule has 5 heteroatoms. The SMILES string of the molecule is O=C1NCCc2ccc(C(Br)c3csc(I)c3)cc21. The van der Waals surface area contributed by atoms with Crippen LogP contribution in [0, 0.1) is 2.88 Å². The molecule has 0 aliphatic carbocycles. The van der Waals surface area contributed by atoms with Gasteiger partial charge in [0.15, 0.2) is 0 Å². The Kier molecular flexibility index (Phi) is 3.96. The number of benzene rings is 1. The van der Waals surface area contributed by atoms with Crippen LogP contribution in [0.5, 0.6) is 0 Å². The van der Waals surface area contributed by atoms with Gasteiger partial charge in [-0.05, 0) is 63.2 Å². The highest BCUT2D eigenvalue weighted by Gasteiger charge is 2.19. The Balaban J connectivity index is 1.97. The van der Waals surface area contributed by atoms with E-state index in [2.05, 4.69) is 67.4 Å². The summed E-state index contributed by atoms with van der Waals surface area (Å²) in [5.74, 6) is 0.0442. The van der Waals surface area contributed by atoms with Crippen LogP contribution < -0.4 is 5.32 Å². The van der Waals surface area contributed by atoms with E-state index in [0.29, 0.717) is 0 Å². The Bertz CT molecular complexity index is 640. The number of hydrogen-bond donors (Lipinski definition) is 1. The maximum absolute atomic E-state index is 11.9. The van der Waals surface area contributed by atoms with Gasteiger partial charge in [-0.3, -0.25) is 4.79 Å². The zero-order valence-corrected chi connectivity index (χ0v) is 14.5. The van der Waals surface area contributed by atoms with Crippen LogP contribution in [-0.4, -0.2) is 12.5 Å². The van der Waals surface area contributed by atoms with Crippen LogP contribution in [0.3, 0.4) is 0 Å². The Hall–Kier alpha value is -0.400. The molecule has 0 saturated carbocycles. The van der Waals surface area contributed by atoms with Crippen LogP contribution in [-0.2, 0) is 6.42 Å². The van der Waals surface area contributed by atoms with Gasteiger partial charge in [0.05, 0.1) is 7.71 Å². The summed E-state index contributed by atoms with van der Waals surface area (Å²) in [4.78, 5) is 12.0. The molecule has 0 bridgehead atoms. The summed E-state index contributed by atoms with van der Waals surface area (Å²) in [6.07, 6.45) is 0.921. The second kappa shape index (κ2) is 5.54. The van der Waals surface area contributed by atoms with E-state index < -0.39 is 0 Å². The van der Waals surface area contributed by atoms with E-state index in [1.54, 1.807) is 11.3 Å². The number of amides is 1. The molecule has 0 fully saturated rings. The number of carbonyl (C=O) groups is 1. The van der Waals surface area contributed by atoms with E-state index in [1.165, 1.54) is 8.45 Å². The molecule has 1 unspecified atom stereocenters. The summed E-state index contributed by atoms with van der Waals surface area (Å²) in [7, 11) is 0. The van der Waals surface area contributed by atoms with Crippen molar-refractivity contribution in [3.63, 3.8) is 0 Å². The molecule has 0 saturated heterocycles. The molecule has 98 valence electrons. The Morgan fingerprint density at radius 3 is 2.89 bits per heavy atom. The highest BCUT2D eigenvalue weighted by molar-refractivity contribution is 14.1. The van der Waals surface area contributed by atoms with Crippen molar-refractivity contribution in [1.82, 2.24) is 5.32 Å². The highest BCUT2D eigenvalue weighted by atomic mass is 127. The fourth-order valence-electron chi connectivity index (χ4n) is 2.24. The first-order valence-electron chi connectivity index (χ1n) is 5.94. The molecular weight excluding hydrogens is 437 g/mol. The molecule has 1 aliphatic heterocycles. The number of alkyl halides is 1. The predicted molar refractivity (Wildman–Crippen MR) is 90.3 cm³/mol. The standard InChI is InChI=1S/C14H11BrINOS/c15-13(10-6-12(16)19-7-10)9-2-1-8-3-4-17-14(18)11(8)5-9/h1-2,5-7,13H,3-4H2,(H,17,18). The molecule has 2 nitrogen and oxygen atoms in total. The summed E-state index contributed by atoms with van der Waals surface area (Å²) in [5.41, 5.74) is 4.33. The summed E-state index contributed by atoms with van der Waals surface area (Å²) >= 11 is 7.79. The molecule has 1 amide bonds. The predicted octanol–water partition coefficient (Wildman–Crippen LogP) is 4.12. The lowest BCUT2D eigenvalue weighted by atomic mass is 9.96. The topological polar surface area (TPSA) is 29.1 Å². The molecule has 2 aromatic rings. The summed E-state index contributed by atoms with van der Waals surface area (Å²) in [6.45, 7) is 0.742. The summed E-state index contributed by atoms with van der Waals surface area (Å²) in [5, 5.41) is 5.05. The van der Waals surface area contributed by atoms with E-state index >= 15 is 0 Å². The van der Waals surface area contributed by atoms with Crippen LogP contribution >= 0.6 is 49.9 Å². The zero-order chi connectivity index (χ0) is 13.4. The first kappa shape index (κ1) is 13.6. The lowest BCUT2D eigenvalue weighted by Crippen LogP contribution is -2.31. The maximum atomic E-state index is 11.9. The Labute approximate surface area is 137 Å². The number of nitrogens with one attached hydrogen (secondary N) is 1. The zero-order valence-electron chi connectivity index (χ0n) is 9.95. The van der Waals surface area contributed by atoms with Crippen LogP contribution in [0.25, 0.3) is 0 Å². The molecule has 0 spiro atoms. The first-order chi connectivity index (χ1) is 9.15. The van der Waals surface area contributed by atoms with Gasteiger partial charge in [-0.1, -0.05) is 28.1 Å². The van der Waals surface area contributed by atoms with Gasteiger partial charge in [0.1, 0.15) is 0 Å². The maximum Gasteiger partial charge on any atom is 0.251 e. The van der Waals surface area contributed by atoms with Crippen LogP contribution in [0.4, 0.5) is 0 Å². The molecule has 1 aromatic carbocycles. The number of fused-ring (bicyclic) bond motifs is 1. The Morgan fingerprint density at radius 2 is 2.16 bits per heavy atom. The normalized spacial score (nSPS) is 15.8. The van der Waals surface area contributed by atoms with Crippen molar-refractivity contribution in [2.45, 2.75) is 11.2 Å². The fraction of sp³-hybridized carbons (Fsp3) is 0.214. The van der Waals surface area contributed by atoms with Crippen molar-refractivity contribution in [1.29, 1.82) is 0 Å². The van der Waals surface area contributed by atoms with Crippen LogP contribution in [0.2, 0.25) is 0 Å². The van der Waals surface area contributed by atoms with Crippen molar-refractivity contribution < 1.29 is 4.79 Å². The summed E-state index contributed by atoms with van der Waals surface area (Å²) in [6, 6.07) is 8.37. The van der Waals surface area contributed by atoms with E-state index in [4.69, 9.17) is 0 Å². The van der Waals surface area contributed by atoms with Crippen molar-refractivity contribution in [2.75, 3.05) is 6.54 Å². The first-order valence-corrected chi connectivity index (χ1v) is 8.81. The van der Waals surface area contributed by atoms with E-state index in [-0.39, 0.29) is 10.7 Å². The number of hydrogen-bond acceptors (Lipinski definition) is 2. The van der Waals surface area contributed by atoms with Gasteiger partial charge in [-0.15, -0.1) is 11.3 Å². The average molecular weight is 448 g/mol. The lowest BCUT2D eigenvalue weighted by molar-refractivity contribution is 0.0946. The molecule has 1 aliphatic rings. The number of rotatable bonds is 2. The van der Waals surface area contributed by atoms with E-state index in [1.807, 2.05) is 6.07 Å². The third-order valence-electron chi connectivity index (χ3n) is 3.23. The van der Waals surface area contributed by atoms with E-state index in [9.17, 15) is 4.79 Å². The van der Waals surface area contributed by atoms with Gasteiger partial charge in [-0.25, -0.2) is 0 Å². The number of thiophene rings is 1. The molecule has 19 heavy (non-hydrogen) atoms. The van der Waals surface area contributed by atoms with Gasteiger partial charge >= 0.3 is 0 Å². The molecule has 1 atom stereocenters. The van der Waals surface area contributed by atoms with Crippen molar-refractivity contribution in [3.05, 3.63) is 54.8 Å². The van der Waals surface area contributed by atoms with Crippen molar-refractivity contribution in [3.8, 4) is 0 Å². The van der Waals surface area contributed by atoms with E-state index in [0.717, 1.165) is 29.7 Å². The van der Waals surface area contributed by atoms with Gasteiger partial charge in [0.2, 0.25) is 0 Å². The van der Waals surface area contributed by atoms with Crippen molar-refractivity contribution >= 4 is 55.8 Å². The number of carbonyl (C=O) groups excluding carboxylic acids is 1. The average Bonchev–Trinajstić information content (AvgIpc) is 2.85. The molecule has 2 heterocycles. The van der Waals surface area contributed by atoms with Gasteiger partial charge in [-0.2, -0.15) is 0 Å². The third kappa shape index (κ3) is 2.73. The van der Waals surface area contributed by atoms with Crippen LogP contribution in [0.15, 0.2) is 29.6 Å². The molecule has 1 aromatic heterocycles. The minimum absolute atomic E-state index is 0.0442. The lowest BCUT2D eigenvalue weighted by Gasteiger charge is -2.18. The second-order valence-corrected chi connectivity index (χ2v) is 8.19. The third-order valence-corrected chi connectivity index (χ3v) is 6.10. The van der Waals surface area contributed by atoms with Gasteiger partial charge in [0.25, 0.3) is 5.91 Å². The number of halogens is 2. The minimum atomic E-state index is 0.0442. The van der Waals surface area contributed by atoms with Gasteiger partial charge in [0, 0.05) is 12.1 Å². The molecular formula is C14H11BrINOS. The second-order valence-electron chi connectivity index (χ2n) is 4.47. The van der Waals surface area contributed by atoms with Gasteiger partial charge < -0.3 is 5.32 Å². The van der Waals surface area contributed by atoms with Crippen molar-refractivity contribution in [2.24, 2.45) is 0 Å². The Morgan fingerprint density at radius 1 is 1.32 bits per heavy atom. The monoisotopic (exact) mass is 447 g/mol. The summed E-state index contributed by atoms with van der Waals surface area (Å²) < 4.78 is 1.27. The largest absolute Gasteiger partial charge is 0.352 e. The quantitative estimate of drug-likeness (QED) is 0.544. The molecule has 3 rings (SSSR count). The smallest absolute Gasteiger partial charge is 0.251 e. The molecule has 0 radical (unpaired) electrons. The minimum Gasteiger partial charge on any atom is -0.352 e. The highest BCUT2D eigenvalue weighted by Crippen LogP contribution is 2.35. The fourth-order valence-corrected chi connectivity index (χ4v) is 4.36. The molecule has 1 N–H and O–H groups in total.